The van der Waals surface area contributed by atoms with Gasteiger partial charge in [-0.1, -0.05) is 6.07 Å². The maximum Gasteiger partial charge on any atom is 0.282 e. The summed E-state index contributed by atoms with van der Waals surface area (Å²) >= 11 is 3.14. The molecule has 0 bridgehead atoms. The van der Waals surface area contributed by atoms with Crippen molar-refractivity contribution in [1.82, 2.24) is 3.96 Å². The van der Waals surface area contributed by atoms with Gasteiger partial charge in [0.25, 0.3) is 5.91 Å². The molecule has 1 aromatic carbocycles. The van der Waals surface area contributed by atoms with Crippen molar-refractivity contribution in [3.05, 3.63) is 68.1 Å². The Morgan fingerprint density at radius 1 is 1.32 bits per heavy atom. The largest absolute Gasteiger partial charge is 0.496 e. The third-order valence-corrected chi connectivity index (χ3v) is 6.35. The summed E-state index contributed by atoms with van der Waals surface area (Å²) in [5.74, 6) is -0.00269. The maximum atomic E-state index is 12.9. The van der Waals surface area contributed by atoms with E-state index in [2.05, 4.69) is 48.1 Å². The van der Waals surface area contributed by atoms with Crippen molar-refractivity contribution in [2.75, 3.05) is 7.11 Å². The third kappa shape index (κ3) is 4.41. The van der Waals surface area contributed by atoms with Crippen LogP contribution in [0.25, 0.3) is 0 Å². The fraction of sp³-hybridized carbons (Fsp3) is 0.286. The molecule has 0 unspecified atom stereocenters. The number of nitrogens with zero attached hydrogens (tertiary/aromatic N) is 3. The molecule has 28 heavy (non-hydrogen) atoms. The van der Waals surface area contributed by atoms with Crippen molar-refractivity contribution in [3.8, 4) is 11.8 Å². The zero-order chi connectivity index (χ0) is 20.3. The molecule has 0 spiro atoms. The van der Waals surface area contributed by atoms with Gasteiger partial charge in [-0.2, -0.15) is 10.3 Å². The summed E-state index contributed by atoms with van der Waals surface area (Å²) in [4.78, 5) is 18.5. The number of benzene rings is 1. The zero-order valence-corrected chi connectivity index (χ0v) is 17.9. The van der Waals surface area contributed by atoms with Crippen LogP contribution in [0.1, 0.15) is 47.1 Å². The second-order valence-electron chi connectivity index (χ2n) is 7.25. The highest BCUT2D eigenvalue weighted by Crippen LogP contribution is 2.22. The van der Waals surface area contributed by atoms with E-state index in [1.807, 2.05) is 11.4 Å². The van der Waals surface area contributed by atoms with E-state index in [1.54, 1.807) is 23.5 Å². The van der Waals surface area contributed by atoms with Crippen LogP contribution < -0.4 is 9.41 Å². The maximum absolute atomic E-state index is 12.9. The summed E-state index contributed by atoms with van der Waals surface area (Å²) < 4.78 is 8.08. The van der Waals surface area contributed by atoms with E-state index in [4.69, 9.17) is 10.00 Å². The fourth-order valence-electron chi connectivity index (χ4n) is 2.62. The zero-order valence-electron chi connectivity index (χ0n) is 16.2. The van der Waals surface area contributed by atoms with Crippen LogP contribution in [0.3, 0.4) is 0 Å². The number of aromatic nitrogens is 1. The number of carbonyl (C=O) groups excluding carboxylic acids is 1. The van der Waals surface area contributed by atoms with Gasteiger partial charge in [-0.3, -0.25) is 8.75 Å². The van der Waals surface area contributed by atoms with Crippen molar-refractivity contribution in [3.63, 3.8) is 0 Å². The molecule has 0 fully saturated rings. The first-order chi connectivity index (χ1) is 13.3. The van der Waals surface area contributed by atoms with Crippen LogP contribution >= 0.6 is 22.9 Å². The molecule has 3 rings (SSSR count). The minimum absolute atomic E-state index is 0.107. The van der Waals surface area contributed by atoms with Gasteiger partial charge in [0.1, 0.15) is 10.4 Å². The van der Waals surface area contributed by atoms with Gasteiger partial charge in [0, 0.05) is 28.6 Å². The Hall–Kier alpha value is -2.69. The Labute approximate surface area is 172 Å². The molecular formula is C21H21N3O2S2. The SMILES string of the molecule is COc1ccc(C#N)cc1C(=O)/N=c1\sn(C(C)(C)C)cc1Cc1cccs1. The third-order valence-electron chi connectivity index (χ3n) is 4.10. The van der Waals surface area contributed by atoms with Gasteiger partial charge in [0.2, 0.25) is 0 Å². The number of carbonyl (C=O) groups is 1. The second-order valence-corrected chi connectivity index (χ2v) is 9.24. The first kappa shape index (κ1) is 20.1. The Bertz CT molecular complexity index is 1090. The lowest BCUT2D eigenvalue weighted by molar-refractivity contribution is 0.0996. The number of thiophene rings is 1. The summed E-state index contributed by atoms with van der Waals surface area (Å²) in [5, 5.41) is 11.2. The van der Waals surface area contributed by atoms with Gasteiger partial charge in [-0.15, -0.1) is 11.3 Å². The molecule has 1 amide bonds. The van der Waals surface area contributed by atoms with Gasteiger partial charge < -0.3 is 4.74 Å². The Morgan fingerprint density at radius 3 is 2.71 bits per heavy atom. The van der Waals surface area contributed by atoms with E-state index in [9.17, 15) is 4.79 Å². The molecule has 0 N–H and O–H groups in total. The topological polar surface area (TPSA) is 67.4 Å². The summed E-state index contributed by atoms with van der Waals surface area (Å²) in [6.07, 6.45) is 2.79. The molecule has 144 valence electrons. The lowest BCUT2D eigenvalue weighted by Crippen LogP contribution is -2.18. The van der Waals surface area contributed by atoms with Gasteiger partial charge in [0.05, 0.1) is 24.3 Å². The van der Waals surface area contributed by atoms with Crippen LogP contribution in [0.5, 0.6) is 5.75 Å². The predicted molar refractivity (Wildman–Crippen MR) is 112 cm³/mol. The number of hydrogen-bond acceptors (Lipinski definition) is 5. The second kappa shape index (κ2) is 8.13. The van der Waals surface area contributed by atoms with Crippen molar-refractivity contribution in [1.29, 1.82) is 5.26 Å². The van der Waals surface area contributed by atoms with Crippen LogP contribution in [0.2, 0.25) is 0 Å². The molecular weight excluding hydrogens is 390 g/mol. The number of methoxy groups -OCH3 is 1. The van der Waals surface area contributed by atoms with E-state index < -0.39 is 5.91 Å². The smallest absolute Gasteiger partial charge is 0.282 e. The average molecular weight is 412 g/mol. The van der Waals surface area contributed by atoms with Crippen LogP contribution in [-0.2, 0) is 12.0 Å². The molecule has 7 heteroatoms. The number of hydrogen-bond donors (Lipinski definition) is 0. The Kier molecular flexibility index (Phi) is 5.82. The quantitative estimate of drug-likeness (QED) is 0.631. The molecule has 2 aromatic heterocycles. The molecule has 0 aliphatic carbocycles. The highest BCUT2D eigenvalue weighted by molar-refractivity contribution is 7.10. The van der Waals surface area contributed by atoms with E-state index in [0.29, 0.717) is 21.5 Å². The predicted octanol–water partition coefficient (Wildman–Crippen LogP) is 4.58. The normalized spacial score (nSPS) is 12.0. The summed E-state index contributed by atoms with van der Waals surface area (Å²) in [6, 6.07) is 10.9. The van der Waals surface area contributed by atoms with E-state index in [-0.39, 0.29) is 5.54 Å². The molecule has 0 saturated carbocycles. The van der Waals surface area contributed by atoms with Crippen molar-refractivity contribution in [2.45, 2.75) is 32.7 Å². The van der Waals surface area contributed by atoms with Gasteiger partial charge in [-0.05, 0) is 61.9 Å². The average Bonchev–Trinajstić information content (AvgIpc) is 3.31. The van der Waals surface area contributed by atoms with Crippen LogP contribution in [0.4, 0.5) is 0 Å². The lowest BCUT2D eigenvalue weighted by Gasteiger charge is -2.19. The van der Waals surface area contributed by atoms with Crippen LogP contribution in [0, 0.1) is 11.3 Å². The van der Waals surface area contributed by atoms with Crippen molar-refractivity contribution in [2.24, 2.45) is 4.99 Å². The van der Waals surface area contributed by atoms with Crippen LogP contribution in [-0.4, -0.2) is 17.0 Å². The highest BCUT2D eigenvalue weighted by Gasteiger charge is 2.18. The van der Waals surface area contributed by atoms with Crippen molar-refractivity contribution >= 4 is 28.8 Å². The fourth-order valence-corrected chi connectivity index (χ4v) is 4.35. The number of ether oxygens (including phenoxy) is 1. The number of rotatable bonds is 4. The van der Waals surface area contributed by atoms with Gasteiger partial charge >= 0.3 is 0 Å². The van der Waals surface area contributed by atoms with Gasteiger partial charge in [0.15, 0.2) is 0 Å². The van der Waals surface area contributed by atoms with E-state index in [0.717, 1.165) is 12.0 Å². The Balaban J connectivity index is 2.09. The number of amides is 1. The standard InChI is InChI=1S/C21H21N3O2S2/c1-21(2,3)24-13-15(11-16-6-5-9-27-16)20(28-24)23-19(25)17-10-14(12-22)7-8-18(17)26-4/h5-10,13H,11H2,1-4H3/b23-20-. The summed E-state index contributed by atoms with van der Waals surface area (Å²) in [5.41, 5.74) is 1.59. The van der Waals surface area contributed by atoms with Gasteiger partial charge in [-0.25, -0.2) is 0 Å². The minimum atomic E-state index is -0.413. The molecule has 3 aromatic rings. The molecule has 2 heterocycles. The molecule has 0 aliphatic rings. The highest BCUT2D eigenvalue weighted by atomic mass is 32.1. The molecule has 0 atom stereocenters. The molecule has 5 nitrogen and oxygen atoms in total. The monoisotopic (exact) mass is 411 g/mol. The summed E-state index contributed by atoms with van der Waals surface area (Å²) in [7, 11) is 1.50. The number of nitriles is 1. The first-order valence-corrected chi connectivity index (χ1v) is 10.4. The summed E-state index contributed by atoms with van der Waals surface area (Å²) in [6.45, 7) is 6.34. The molecule has 0 saturated heterocycles. The van der Waals surface area contributed by atoms with Crippen molar-refractivity contribution < 1.29 is 9.53 Å². The van der Waals surface area contributed by atoms with E-state index >= 15 is 0 Å². The first-order valence-electron chi connectivity index (χ1n) is 8.73. The Morgan fingerprint density at radius 2 is 2.11 bits per heavy atom. The minimum Gasteiger partial charge on any atom is -0.496 e. The molecule has 0 aliphatic heterocycles. The molecule has 0 radical (unpaired) electrons. The lowest BCUT2D eigenvalue weighted by atomic mass is 10.1. The van der Waals surface area contributed by atoms with Crippen LogP contribution in [0.15, 0.2) is 46.9 Å². The van der Waals surface area contributed by atoms with E-state index in [1.165, 1.54) is 29.6 Å².